The van der Waals surface area contributed by atoms with Gasteiger partial charge in [-0.25, -0.2) is 4.39 Å². The first-order valence-corrected chi connectivity index (χ1v) is 8.53. The zero-order chi connectivity index (χ0) is 15.7. The van der Waals surface area contributed by atoms with Crippen LogP contribution >= 0.6 is 11.8 Å². The van der Waals surface area contributed by atoms with Gasteiger partial charge >= 0.3 is 0 Å². The second-order valence-electron chi connectivity index (χ2n) is 6.09. The fraction of sp³-hybridized carbons (Fsp3) is 0.263. The summed E-state index contributed by atoms with van der Waals surface area (Å²) in [5.41, 5.74) is 2.74. The minimum atomic E-state index is -0.269. The van der Waals surface area contributed by atoms with E-state index in [1.807, 2.05) is 6.07 Å². The van der Waals surface area contributed by atoms with E-state index in [4.69, 9.17) is 4.74 Å². The van der Waals surface area contributed by atoms with E-state index in [9.17, 15) is 4.39 Å². The summed E-state index contributed by atoms with van der Waals surface area (Å²) in [5.74, 6) is 0.648. The first-order chi connectivity index (χ1) is 10.5. The number of thioether (sulfide) groups is 1. The molecule has 0 aromatic heterocycles. The van der Waals surface area contributed by atoms with E-state index in [-0.39, 0.29) is 11.4 Å². The van der Waals surface area contributed by atoms with Crippen LogP contribution < -0.4 is 0 Å². The van der Waals surface area contributed by atoms with Crippen LogP contribution in [-0.4, -0.2) is 11.9 Å². The second kappa shape index (κ2) is 5.81. The predicted octanol–water partition coefficient (Wildman–Crippen LogP) is 5.61. The average molecular weight is 314 g/mol. The highest BCUT2D eigenvalue weighted by molar-refractivity contribution is 7.98. The van der Waals surface area contributed by atoms with Crippen LogP contribution in [-0.2, 0) is 4.74 Å². The molecular weight excluding hydrogens is 295 g/mol. The maximum Gasteiger partial charge on any atom is 0.131 e. The largest absolute Gasteiger partial charge is 0.487 e. The van der Waals surface area contributed by atoms with Crippen LogP contribution in [0.5, 0.6) is 0 Å². The Labute approximate surface area is 135 Å². The van der Waals surface area contributed by atoms with Crippen LogP contribution in [0.25, 0.3) is 11.3 Å². The summed E-state index contributed by atoms with van der Waals surface area (Å²) in [6.45, 7) is 4.13. The van der Waals surface area contributed by atoms with E-state index >= 15 is 0 Å². The molecule has 0 saturated carbocycles. The quantitative estimate of drug-likeness (QED) is 0.680. The Kier molecular flexibility index (Phi) is 4.00. The standard InChI is InChI=1S/C19H19FOS/c1-19(2)12-17(14-5-4-6-15(20)11-14)18(21-19)13-7-9-16(22-3)10-8-13/h4-11H,12H2,1-3H3. The minimum Gasteiger partial charge on any atom is -0.487 e. The number of ether oxygens (including phenoxy) is 1. The highest BCUT2D eigenvalue weighted by atomic mass is 32.2. The topological polar surface area (TPSA) is 9.23 Å². The summed E-state index contributed by atoms with van der Waals surface area (Å²) in [7, 11) is 0. The highest BCUT2D eigenvalue weighted by Gasteiger charge is 2.33. The third-order valence-electron chi connectivity index (χ3n) is 3.78. The van der Waals surface area contributed by atoms with Crippen molar-refractivity contribution in [2.45, 2.75) is 30.8 Å². The van der Waals surface area contributed by atoms with E-state index in [0.717, 1.165) is 28.9 Å². The Hall–Kier alpha value is -1.74. The van der Waals surface area contributed by atoms with Crippen molar-refractivity contribution < 1.29 is 9.13 Å². The Balaban J connectivity index is 2.08. The van der Waals surface area contributed by atoms with Crippen LogP contribution in [0.2, 0.25) is 0 Å². The molecule has 1 heterocycles. The summed E-state index contributed by atoms with van der Waals surface area (Å²) in [6.07, 6.45) is 2.83. The molecule has 1 aliphatic heterocycles. The van der Waals surface area contributed by atoms with Gasteiger partial charge in [-0.15, -0.1) is 11.8 Å². The second-order valence-corrected chi connectivity index (χ2v) is 6.96. The fourth-order valence-corrected chi connectivity index (χ4v) is 3.17. The third-order valence-corrected chi connectivity index (χ3v) is 4.52. The van der Waals surface area contributed by atoms with Crippen molar-refractivity contribution >= 4 is 23.1 Å². The van der Waals surface area contributed by atoms with Gasteiger partial charge in [-0.1, -0.05) is 24.3 Å². The van der Waals surface area contributed by atoms with Crippen molar-refractivity contribution in [1.82, 2.24) is 0 Å². The lowest BCUT2D eigenvalue weighted by Crippen LogP contribution is -2.17. The van der Waals surface area contributed by atoms with Crippen LogP contribution in [0.15, 0.2) is 53.4 Å². The molecule has 2 aromatic rings. The smallest absolute Gasteiger partial charge is 0.131 e. The first kappa shape index (κ1) is 15.2. The molecule has 0 atom stereocenters. The molecule has 0 saturated heterocycles. The lowest BCUT2D eigenvalue weighted by Gasteiger charge is -2.19. The molecule has 0 bridgehead atoms. The van der Waals surface area contributed by atoms with Gasteiger partial charge in [-0.2, -0.15) is 0 Å². The Morgan fingerprint density at radius 3 is 2.41 bits per heavy atom. The van der Waals surface area contributed by atoms with Gasteiger partial charge < -0.3 is 4.74 Å². The first-order valence-electron chi connectivity index (χ1n) is 7.31. The lowest BCUT2D eigenvalue weighted by atomic mass is 9.94. The van der Waals surface area contributed by atoms with Crippen molar-refractivity contribution in [2.24, 2.45) is 0 Å². The number of halogens is 1. The molecule has 0 N–H and O–H groups in total. The lowest BCUT2D eigenvalue weighted by molar-refractivity contribution is 0.101. The van der Waals surface area contributed by atoms with Gasteiger partial charge in [-0.3, -0.25) is 0 Å². The molecule has 0 fully saturated rings. The molecule has 22 heavy (non-hydrogen) atoms. The van der Waals surface area contributed by atoms with Gasteiger partial charge in [0.25, 0.3) is 0 Å². The zero-order valence-corrected chi connectivity index (χ0v) is 13.8. The number of benzene rings is 2. The molecule has 3 heteroatoms. The number of hydrogen-bond acceptors (Lipinski definition) is 2. The third kappa shape index (κ3) is 3.05. The zero-order valence-electron chi connectivity index (χ0n) is 13.0. The van der Waals surface area contributed by atoms with E-state index < -0.39 is 0 Å². The molecule has 0 aliphatic carbocycles. The van der Waals surface area contributed by atoms with Gasteiger partial charge in [0.1, 0.15) is 17.2 Å². The molecule has 0 spiro atoms. The van der Waals surface area contributed by atoms with Crippen LogP contribution in [0, 0.1) is 5.82 Å². The number of rotatable bonds is 3. The summed E-state index contributed by atoms with van der Waals surface area (Å²) >= 11 is 1.71. The maximum absolute atomic E-state index is 13.6. The molecule has 2 aromatic carbocycles. The van der Waals surface area contributed by atoms with E-state index in [1.165, 1.54) is 11.0 Å². The summed E-state index contributed by atoms with van der Waals surface area (Å²) in [4.78, 5) is 1.22. The van der Waals surface area contributed by atoms with E-state index in [2.05, 4.69) is 44.4 Å². The van der Waals surface area contributed by atoms with Crippen molar-refractivity contribution in [3.63, 3.8) is 0 Å². The molecule has 0 radical (unpaired) electrons. The van der Waals surface area contributed by atoms with Crippen LogP contribution in [0.3, 0.4) is 0 Å². The van der Waals surface area contributed by atoms with Gasteiger partial charge in [0.15, 0.2) is 0 Å². The molecular formula is C19H19FOS. The summed E-state index contributed by atoms with van der Waals surface area (Å²) in [5, 5.41) is 0. The summed E-state index contributed by atoms with van der Waals surface area (Å²) < 4.78 is 19.7. The van der Waals surface area contributed by atoms with Crippen molar-refractivity contribution in [2.75, 3.05) is 6.26 Å². The maximum atomic E-state index is 13.6. The predicted molar refractivity (Wildman–Crippen MR) is 91.2 cm³/mol. The van der Waals surface area contributed by atoms with Gasteiger partial charge in [0.2, 0.25) is 0 Å². The Bertz CT molecular complexity index is 716. The van der Waals surface area contributed by atoms with Crippen molar-refractivity contribution in [3.05, 3.63) is 65.5 Å². The molecule has 0 amide bonds. The van der Waals surface area contributed by atoms with E-state index in [1.54, 1.807) is 23.9 Å². The Morgan fingerprint density at radius 2 is 1.77 bits per heavy atom. The molecule has 0 unspecified atom stereocenters. The molecule has 114 valence electrons. The molecule has 1 aliphatic rings. The molecule has 3 rings (SSSR count). The SMILES string of the molecule is CSc1ccc(C2=C(c3cccc(F)c3)CC(C)(C)O2)cc1. The Morgan fingerprint density at radius 1 is 1.05 bits per heavy atom. The van der Waals surface area contributed by atoms with Gasteiger partial charge in [-0.05, 0) is 49.9 Å². The average Bonchev–Trinajstić information content (AvgIpc) is 2.83. The number of hydrogen-bond donors (Lipinski definition) is 0. The van der Waals surface area contributed by atoms with Crippen LogP contribution in [0.4, 0.5) is 4.39 Å². The van der Waals surface area contributed by atoms with Gasteiger partial charge in [0.05, 0.1) is 0 Å². The normalized spacial score (nSPS) is 16.7. The minimum absolute atomic E-state index is 0.216. The summed E-state index contributed by atoms with van der Waals surface area (Å²) in [6, 6.07) is 15.1. The van der Waals surface area contributed by atoms with Crippen molar-refractivity contribution in [3.8, 4) is 0 Å². The highest BCUT2D eigenvalue weighted by Crippen LogP contribution is 2.43. The molecule has 1 nitrogen and oxygen atoms in total. The van der Waals surface area contributed by atoms with Crippen LogP contribution in [0.1, 0.15) is 31.4 Å². The van der Waals surface area contributed by atoms with Crippen molar-refractivity contribution in [1.29, 1.82) is 0 Å². The van der Waals surface area contributed by atoms with E-state index in [0.29, 0.717) is 0 Å². The monoisotopic (exact) mass is 314 g/mol. The fourth-order valence-electron chi connectivity index (χ4n) is 2.76. The van der Waals surface area contributed by atoms with Gasteiger partial charge in [0, 0.05) is 22.5 Å².